The Morgan fingerprint density at radius 1 is 1.40 bits per heavy atom. The number of hydrogen-bond donors (Lipinski definition) is 2. The van der Waals surface area contributed by atoms with Gasteiger partial charge in [-0.1, -0.05) is 13.0 Å². The summed E-state index contributed by atoms with van der Waals surface area (Å²) in [6.45, 7) is 4.97. The van der Waals surface area contributed by atoms with Gasteiger partial charge < -0.3 is 20.5 Å². The molecule has 5 heteroatoms. The van der Waals surface area contributed by atoms with E-state index in [1.54, 1.807) is 0 Å². The first-order valence-electron chi connectivity index (χ1n) is 6.98. The summed E-state index contributed by atoms with van der Waals surface area (Å²) in [7, 11) is 0. The number of benzene rings is 1. The highest BCUT2D eigenvalue weighted by molar-refractivity contribution is 5.84. The largest absolute Gasteiger partial charge is 0.454 e. The monoisotopic (exact) mass is 278 g/mol. The molecular weight excluding hydrogens is 256 g/mol. The van der Waals surface area contributed by atoms with Crippen LogP contribution in [0.4, 0.5) is 0 Å². The Balaban J connectivity index is 2.00. The van der Waals surface area contributed by atoms with Crippen molar-refractivity contribution < 1.29 is 14.3 Å². The zero-order chi connectivity index (χ0) is 14.6. The van der Waals surface area contributed by atoms with Crippen molar-refractivity contribution in [2.45, 2.75) is 38.6 Å². The maximum absolute atomic E-state index is 11.7. The molecule has 1 unspecified atom stereocenters. The molecule has 0 saturated heterocycles. The van der Waals surface area contributed by atoms with Gasteiger partial charge in [-0.25, -0.2) is 0 Å². The number of fused-ring (bicyclic) bond motifs is 1. The van der Waals surface area contributed by atoms with Crippen LogP contribution in [0.5, 0.6) is 11.5 Å². The molecule has 0 aliphatic carbocycles. The van der Waals surface area contributed by atoms with E-state index in [2.05, 4.69) is 12.2 Å². The van der Waals surface area contributed by atoms with E-state index in [1.165, 1.54) is 0 Å². The van der Waals surface area contributed by atoms with Crippen LogP contribution in [0.15, 0.2) is 18.2 Å². The van der Waals surface area contributed by atoms with Crippen LogP contribution in [0.25, 0.3) is 0 Å². The Kier molecular flexibility index (Phi) is 4.49. The number of carbonyl (C=O) groups is 1. The summed E-state index contributed by atoms with van der Waals surface area (Å²) in [5.41, 5.74) is 5.96. The Labute approximate surface area is 119 Å². The third-order valence-electron chi connectivity index (χ3n) is 3.66. The number of hydrogen-bond acceptors (Lipinski definition) is 4. The van der Waals surface area contributed by atoms with Gasteiger partial charge in [-0.05, 0) is 50.4 Å². The number of aryl methyl sites for hydroxylation is 1. The number of primary amides is 1. The standard InChI is InChI=1S/C15H22N2O3/c1-3-8-17-15(2,14(16)18)7-6-11-4-5-12-13(9-11)20-10-19-12/h4-5,9,17H,3,6-8,10H2,1-2H3,(H2,16,18). The molecule has 1 amide bonds. The van der Waals surface area contributed by atoms with Gasteiger partial charge in [-0.2, -0.15) is 0 Å². The third-order valence-corrected chi connectivity index (χ3v) is 3.66. The van der Waals surface area contributed by atoms with E-state index in [0.717, 1.165) is 36.4 Å². The van der Waals surface area contributed by atoms with Gasteiger partial charge in [0, 0.05) is 0 Å². The van der Waals surface area contributed by atoms with Crippen LogP contribution in [0.1, 0.15) is 32.3 Å². The second kappa shape index (κ2) is 6.13. The minimum Gasteiger partial charge on any atom is -0.454 e. The van der Waals surface area contributed by atoms with Crippen molar-refractivity contribution in [3.8, 4) is 11.5 Å². The average Bonchev–Trinajstić information content (AvgIpc) is 2.90. The minimum atomic E-state index is -0.674. The van der Waals surface area contributed by atoms with Gasteiger partial charge in [0.2, 0.25) is 12.7 Å². The summed E-state index contributed by atoms with van der Waals surface area (Å²) in [6, 6.07) is 5.86. The van der Waals surface area contributed by atoms with Crippen molar-refractivity contribution >= 4 is 5.91 Å². The predicted octanol–water partition coefficient (Wildman–Crippen LogP) is 1.59. The summed E-state index contributed by atoms with van der Waals surface area (Å²) in [6.07, 6.45) is 2.38. The van der Waals surface area contributed by atoms with Crippen LogP contribution in [-0.4, -0.2) is 24.8 Å². The highest BCUT2D eigenvalue weighted by Crippen LogP contribution is 2.33. The second-order valence-corrected chi connectivity index (χ2v) is 5.31. The summed E-state index contributed by atoms with van der Waals surface area (Å²) in [4.78, 5) is 11.7. The number of rotatable bonds is 7. The molecule has 2 rings (SSSR count). The highest BCUT2D eigenvalue weighted by Gasteiger charge is 2.29. The van der Waals surface area contributed by atoms with Crippen LogP contribution < -0.4 is 20.5 Å². The molecule has 1 aromatic rings. The zero-order valence-corrected chi connectivity index (χ0v) is 12.1. The maximum atomic E-state index is 11.7. The lowest BCUT2D eigenvalue weighted by Crippen LogP contribution is -2.53. The molecule has 1 atom stereocenters. The van der Waals surface area contributed by atoms with E-state index < -0.39 is 5.54 Å². The molecule has 1 aromatic carbocycles. The van der Waals surface area contributed by atoms with Crippen LogP contribution in [0.2, 0.25) is 0 Å². The van der Waals surface area contributed by atoms with Gasteiger partial charge in [0.15, 0.2) is 11.5 Å². The molecule has 20 heavy (non-hydrogen) atoms. The summed E-state index contributed by atoms with van der Waals surface area (Å²) in [5, 5.41) is 3.24. The Bertz CT molecular complexity index is 490. The van der Waals surface area contributed by atoms with Gasteiger partial charge in [0.25, 0.3) is 0 Å². The van der Waals surface area contributed by atoms with E-state index in [9.17, 15) is 4.79 Å². The molecule has 0 fully saturated rings. The minimum absolute atomic E-state index is 0.274. The van der Waals surface area contributed by atoms with Crippen LogP contribution in [-0.2, 0) is 11.2 Å². The van der Waals surface area contributed by atoms with E-state index in [4.69, 9.17) is 15.2 Å². The molecule has 110 valence electrons. The van der Waals surface area contributed by atoms with Gasteiger partial charge in [0.05, 0.1) is 5.54 Å². The predicted molar refractivity (Wildman–Crippen MR) is 76.8 cm³/mol. The topological polar surface area (TPSA) is 73.6 Å². The fourth-order valence-electron chi connectivity index (χ4n) is 2.19. The molecular formula is C15H22N2O3. The maximum Gasteiger partial charge on any atom is 0.237 e. The van der Waals surface area contributed by atoms with E-state index in [-0.39, 0.29) is 12.7 Å². The van der Waals surface area contributed by atoms with Gasteiger partial charge in [0.1, 0.15) is 0 Å². The number of amides is 1. The lowest BCUT2D eigenvalue weighted by molar-refractivity contribution is -0.124. The molecule has 5 nitrogen and oxygen atoms in total. The van der Waals surface area contributed by atoms with Gasteiger partial charge >= 0.3 is 0 Å². The van der Waals surface area contributed by atoms with Crippen LogP contribution in [0, 0.1) is 0 Å². The number of nitrogens with one attached hydrogen (secondary N) is 1. The third kappa shape index (κ3) is 3.22. The lowest BCUT2D eigenvalue weighted by atomic mass is 9.92. The molecule has 0 radical (unpaired) electrons. The summed E-state index contributed by atoms with van der Waals surface area (Å²) in [5.74, 6) is 1.23. The number of carbonyl (C=O) groups excluding carboxylic acids is 1. The Morgan fingerprint density at radius 3 is 2.85 bits per heavy atom. The first kappa shape index (κ1) is 14.7. The normalized spacial score (nSPS) is 15.9. The Hall–Kier alpha value is -1.75. The van der Waals surface area contributed by atoms with Crippen molar-refractivity contribution in [3.63, 3.8) is 0 Å². The molecule has 3 N–H and O–H groups in total. The molecule has 0 saturated carbocycles. The Morgan fingerprint density at radius 2 is 2.15 bits per heavy atom. The summed E-state index contributed by atoms with van der Waals surface area (Å²) >= 11 is 0. The van der Waals surface area contributed by atoms with Crippen molar-refractivity contribution in [2.24, 2.45) is 5.73 Å². The molecule has 0 bridgehead atoms. The van der Waals surface area contributed by atoms with Crippen molar-refractivity contribution in [1.29, 1.82) is 0 Å². The number of nitrogens with two attached hydrogens (primary N) is 1. The second-order valence-electron chi connectivity index (χ2n) is 5.31. The zero-order valence-electron chi connectivity index (χ0n) is 12.1. The van der Waals surface area contributed by atoms with Gasteiger partial charge in [-0.15, -0.1) is 0 Å². The first-order chi connectivity index (χ1) is 9.55. The van der Waals surface area contributed by atoms with E-state index in [0.29, 0.717) is 6.42 Å². The van der Waals surface area contributed by atoms with Crippen molar-refractivity contribution in [3.05, 3.63) is 23.8 Å². The molecule has 1 aliphatic rings. The average molecular weight is 278 g/mol. The van der Waals surface area contributed by atoms with Crippen molar-refractivity contribution in [2.75, 3.05) is 13.3 Å². The van der Waals surface area contributed by atoms with E-state index >= 15 is 0 Å². The summed E-state index contributed by atoms with van der Waals surface area (Å²) < 4.78 is 10.6. The van der Waals surface area contributed by atoms with Crippen LogP contribution >= 0.6 is 0 Å². The van der Waals surface area contributed by atoms with Crippen LogP contribution in [0.3, 0.4) is 0 Å². The fourth-order valence-corrected chi connectivity index (χ4v) is 2.19. The number of ether oxygens (including phenoxy) is 2. The smallest absolute Gasteiger partial charge is 0.237 e. The molecule has 1 heterocycles. The quantitative estimate of drug-likeness (QED) is 0.794. The van der Waals surface area contributed by atoms with Gasteiger partial charge in [-0.3, -0.25) is 4.79 Å². The lowest BCUT2D eigenvalue weighted by Gasteiger charge is -2.27. The first-order valence-corrected chi connectivity index (χ1v) is 6.98. The van der Waals surface area contributed by atoms with Crippen molar-refractivity contribution in [1.82, 2.24) is 5.32 Å². The SMILES string of the molecule is CCCNC(C)(CCc1ccc2c(c1)OCO2)C(N)=O. The molecule has 1 aliphatic heterocycles. The van der Waals surface area contributed by atoms with E-state index in [1.807, 2.05) is 25.1 Å². The molecule has 0 aromatic heterocycles. The fraction of sp³-hybridized carbons (Fsp3) is 0.533. The molecule has 0 spiro atoms. The highest BCUT2D eigenvalue weighted by atomic mass is 16.7.